The molecule has 0 amide bonds. The molecule has 0 aromatic heterocycles. The summed E-state index contributed by atoms with van der Waals surface area (Å²) >= 11 is 0. The van der Waals surface area contributed by atoms with Crippen molar-refractivity contribution >= 4 is 27.6 Å². The van der Waals surface area contributed by atoms with Gasteiger partial charge in [-0.15, -0.1) is 0 Å². The number of nitrogens with zero attached hydrogens (tertiary/aromatic N) is 1. The van der Waals surface area contributed by atoms with Crippen molar-refractivity contribution in [3.05, 3.63) is 29.3 Å². The van der Waals surface area contributed by atoms with E-state index in [2.05, 4.69) is 0 Å². The fourth-order valence-electron chi connectivity index (χ4n) is 1.26. The third kappa shape index (κ3) is 3.46. The topological polar surface area (TPSA) is 145 Å². The highest BCUT2D eigenvalue weighted by molar-refractivity contribution is 7.93. The lowest BCUT2D eigenvalue weighted by molar-refractivity contribution is 0.0696. The van der Waals surface area contributed by atoms with Crippen LogP contribution in [0.2, 0.25) is 0 Å². The summed E-state index contributed by atoms with van der Waals surface area (Å²) in [6.07, 6.45) is 0. The minimum Gasteiger partial charge on any atom is -0.478 e. The maximum atomic E-state index is 11.7. The number of aromatic carboxylic acids is 2. The molecule has 1 aromatic carbocycles. The van der Waals surface area contributed by atoms with Gasteiger partial charge in [-0.3, -0.25) is 4.72 Å². The van der Waals surface area contributed by atoms with Gasteiger partial charge in [0.05, 0.1) is 22.9 Å². The minimum atomic E-state index is -4.05. The molecule has 0 aliphatic carbocycles. The summed E-state index contributed by atoms with van der Waals surface area (Å²) in [4.78, 5) is 21.7. The zero-order valence-electron chi connectivity index (χ0n) is 10.2. The van der Waals surface area contributed by atoms with Gasteiger partial charge < -0.3 is 10.2 Å². The molecule has 0 spiro atoms. The Labute approximate surface area is 114 Å². The third-order valence-corrected chi connectivity index (χ3v) is 3.89. The second-order valence-electron chi connectivity index (χ2n) is 3.83. The maximum absolute atomic E-state index is 11.7. The molecule has 0 saturated heterocycles. The van der Waals surface area contributed by atoms with Crippen LogP contribution in [-0.2, 0) is 10.0 Å². The summed E-state index contributed by atoms with van der Waals surface area (Å²) in [6.45, 7) is 1.14. The number of carboxylic acids is 2. The molecule has 1 atom stereocenters. The van der Waals surface area contributed by atoms with Crippen molar-refractivity contribution in [3.63, 3.8) is 0 Å². The normalized spacial score (nSPS) is 12.2. The largest absolute Gasteiger partial charge is 0.478 e. The van der Waals surface area contributed by atoms with E-state index >= 15 is 0 Å². The molecular formula is C11H10N2O6S. The van der Waals surface area contributed by atoms with Crippen LogP contribution >= 0.6 is 0 Å². The second-order valence-corrected chi connectivity index (χ2v) is 5.83. The number of anilines is 1. The van der Waals surface area contributed by atoms with Gasteiger partial charge in [0.25, 0.3) is 0 Å². The van der Waals surface area contributed by atoms with E-state index in [-0.39, 0.29) is 16.8 Å². The van der Waals surface area contributed by atoms with Crippen molar-refractivity contribution in [1.82, 2.24) is 0 Å². The fourth-order valence-corrected chi connectivity index (χ4v) is 2.02. The first-order valence-corrected chi connectivity index (χ1v) is 6.75. The van der Waals surface area contributed by atoms with Gasteiger partial charge in [-0.25, -0.2) is 18.0 Å². The summed E-state index contributed by atoms with van der Waals surface area (Å²) in [7, 11) is -4.05. The zero-order valence-corrected chi connectivity index (χ0v) is 11.0. The maximum Gasteiger partial charge on any atom is 0.335 e. The van der Waals surface area contributed by atoms with Crippen LogP contribution < -0.4 is 4.72 Å². The molecule has 1 rings (SSSR count). The lowest BCUT2D eigenvalue weighted by Gasteiger charge is -2.10. The van der Waals surface area contributed by atoms with Gasteiger partial charge in [-0.05, 0) is 25.1 Å². The lowest BCUT2D eigenvalue weighted by atomic mass is 10.1. The van der Waals surface area contributed by atoms with Gasteiger partial charge in [0, 0.05) is 0 Å². The Hall–Kier alpha value is -2.60. The van der Waals surface area contributed by atoms with Crippen molar-refractivity contribution in [2.45, 2.75) is 12.2 Å². The van der Waals surface area contributed by atoms with E-state index in [1.807, 2.05) is 4.72 Å². The number of nitriles is 1. The predicted octanol–water partition coefficient (Wildman–Crippen LogP) is 0.737. The number of sulfonamides is 1. The first-order chi connectivity index (χ1) is 9.17. The molecule has 0 aliphatic heterocycles. The van der Waals surface area contributed by atoms with Crippen LogP contribution in [0.5, 0.6) is 0 Å². The van der Waals surface area contributed by atoms with E-state index in [4.69, 9.17) is 15.5 Å². The molecule has 8 nitrogen and oxygen atoms in total. The quantitative estimate of drug-likeness (QED) is 0.726. The number of rotatable bonds is 5. The van der Waals surface area contributed by atoms with Crippen LogP contribution in [0.15, 0.2) is 18.2 Å². The lowest BCUT2D eigenvalue weighted by Crippen LogP contribution is -2.24. The Morgan fingerprint density at radius 3 is 2.00 bits per heavy atom. The van der Waals surface area contributed by atoms with Crippen LogP contribution in [0.4, 0.5) is 5.69 Å². The molecule has 9 heteroatoms. The molecule has 0 radical (unpaired) electrons. The standard InChI is InChI=1S/C11H10N2O6S/c1-6(5-12)20(18,19)13-9-3-7(10(14)15)2-8(4-9)11(16)17/h2-4,6,13H,1H3,(H,14,15)(H,16,17). The van der Waals surface area contributed by atoms with Gasteiger partial charge in [-0.2, -0.15) is 5.26 Å². The Balaban J connectivity index is 3.29. The SMILES string of the molecule is CC(C#N)S(=O)(=O)Nc1cc(C(=O)O)cc(C(=O)O)c1. The van der Waals surface area contributed by atoms with Crippen LogP contribution in [0.25, 0.3) is 0 Å². The van der Waals surface area contributed by atoms with Gasteiger partial charge in [-0.1, -0.05) is 0 Å². The molecule has 106 valence electrons. The molecule has 3 N–H and O–H groups in total. The van der Waals surface area contributed by atoms with E-state index in [9.17, 15) is 18.0 Å². The van der Waals surface area contributed by atoms with Crippen LogP contribution in [0.3, 0.4) is 0 Å². The predicted molar refractivity (Wildman–Crippen MR) is 68.0 cm³/mol. The Morgan fingerprint density at radius 2 is 1.65 bits per heavy atom. The summed E-state index contributed by atoms with van der Waals surface area (Å²) in [5.74, 6) is -2.80. The molecule has 0 aliphatic rings. The van der Waals surface area contributed by atoms with Gasteiger partial charge in [0.15, 0.2) is 5.25 Å². The first kappa shape index (κ1) is 15.5. The molecule has 0 heterocycles. The molecular weight excluding hydrogens is 288 g/mol. The Bertz CT molecular complexity index is 672. The van der Waals surface area contributed by atoms with Gasteiger partial charge >= 0.3 is 11.9 Å². The van der Waals surface area contributed by atoms with Crippen molar-refractivity contribution in [3.8, 4) is 6.07 Å². The number of hydrogen-bond acceptors (Lipinski definition) is 5. The minimum absolute atomic E-state index is 0.232. The highest BCUT2D eigenvalue weighted by atomic mass is 32.2. The number of carboxylic acid groups (broad SMARTS) is 2. The average Bonchev–Trinajstić information content (AvgIpc) is 2.36. The molecule has 0 saturated carbocycles. The van der Waals surface area contributed by atoms with Crippen molar-refractivity contribution < 1.29 is 28.2 Å². The molecule has 0 bridgehead atoms. The first-order valence-electron chi connectivity index (χ1n) is 5.20. The third-order valence-electron chi connectivity index (χ3n) is 2.33. The zero-order chi connectivity index (χ0) is 15.5. The fraction of sp³-hybridized carbons (Fsp3) is 0.182. The smallest absolute Gasteiger partial charge is 0.335 e. The number of benzene rings is 1. The number of carbonyl (C=O) groups is 2. The van der Waals surface area contributed by atoms with Crippen LogP contribution in [0, 0.1) is 11.3 Å². The van der Waals surface area contributed by atoms with E-state index in [1.54, 1.807) is 0 Å². The number of hydrogen-bond donors (Lipinski definition) is 3. The highest BCUT2D eigenvalue weighted by Gasteiger charge is 2.21. The summed E-state index contributed by atoms with van der Waals surface area (Å²) in [5, 5.41) is 24.9. The molecule has 0 fully saturated rings. The van der Waals surface area contributed by atoms with E-state index in [0.717, 1.165) is 25.1 Å². The molecule has 1 aromatic rings. The Kier molecular flexibility index (Phi) is 4.31. The highest BCUT2D eigenvalue weighted by Crippen LogP contribution is 2.18. The molecule has 1 unspecified atom stereocenters. The van der Waals surface area contributed by atoms with Crippen LogP contribution in [0.1, 0.15) is 27.6 Å². The Morgan fingerprint density at radius 1 is 1.20 bits per heavy atom. The van der Waals surface area contributed by atoms with Gasteiger partial charge in [0.2, 0.25) is 10.0 Å². The van der Waals surface area contributed by atoms with Crippen LogP contribution in [-0.4, -0.2) is 35.8 Å². The van der Waals surface area contributed by atoms with E-state index in [1.165, 1.54) is 6.07 Å². The number of nitrogens with one attached hydrogen (secondary N) is 1. The summed E-state index contributed by atoms with van der Waals surface area (Å²) in [6, 6.07) is 4.35. The van der Waals surface area contributed by atoms with E-state index in [0.29, 0.717) is 0 Å². The van der Waals surface area contributed by atoms with Crippen molar-refractivity contribution in [2.75, 3.05) is 4.72 Å². The molecule has 20 heavy (non-hydrogen) atoms. The second kappa shape index (κ2) is 5.58. The van der Waals surface area contributed by atoms with Gasteiger partial charge in [0.1, 0.15) is 0 Å². The summed E-state index contributed by atoms with van der Waals surface area (Å²) in [5.41, 5.74) is -0.996. The average molecular weight is 298 g/mol. The monoisotopic (exact) mass is 298 g/mol. The summed E-state index contributed by atoms with van der Waals surface area (Å²) < 4.78 is 25.3. The van der Waals surface area contributed by atoms with E-state index < -0.39 is 27.2 Å². The van der Waals surface area contributed by atoms with Crippen molar-refractivity contribution in [2.24, 2.45) is 0 Å². The van der Waals surface area contributed by atoms with Crippen molar-refractivity contribution in [1.29, 1.82) is 5.26 Å².